The van der Waals surface area contributed by atoms with Crippen molar-refractivity contribution >= 4 is 18.3 Å². The number of hydrogen-bond donors (Lipinski definition) is 1. The molecule has 0 aromatic heterocycles. The van der Waals surface area contributed by atoms with Gasteiger partial charge in [-0.1, -0.05) is 0 Å². The molecule has 6 nitrogen and oxygen atoms in total. The summed E-state index contributed by atoms with van der Waals surface area (Å²) in [5, 5.41) is 3.27. The molecule has 0 atom stereocenters. The first-order valence-electron chi connectivity index (χ1n) is 7.86. The van der Waals surface area contributed by atoms with E-state index in [9.17, 15) is 4.79 Å². The van der Waals surface area contributed by atoms with Crippen LogP contribution in [0.25, 0.3) is 0 Å². The molecule has 2 rings (SSSR count). The zero-order valence-corrected chi connectivity index (χ0v) is 15.6. The molecule has 7 heteroatoms. The summed E-state index contributed by atoms with van der Waals surface area (Å²) in [6.45, 7) is 1.60. The molecule has 0 radical (unpaired) electrons. The van der Waals surface area contributed by atoms with Gasteiger partial charge in [0.1, 0.15) is 0 Å². The van der Waals surface area contributed by atoms with Gasteiger partial charge in [-0.2, -0.15) is 0 Å². The zero-order chi connectivity index (χ0) is 16.8. The number of amides is 1. The first kappa shape index (κ1) is 20.4. The van der Waals surface area contributed by atoms with Crippen LogP contribution < -0.4 is 19.5 Å². The molecule has 1 fully saturated rings. The molecule has 0 spiro atoms. The van der Waals surface area contributed by atoms with E-state index in [0.29, 0.717) is 29.7 Å². The van der Waals surface area contributed by atoms with Crippen LogP contribution in [0.4, 0.5) is 0 Å². The standard InChI is InChI=1S/C17H26N2O4.ClH/c1-18-13-5-7-19(8-6-13)16(20)11-12-9-14(21-2)17(23-4)15(10-12)22-3;/h9-10,13,18H,5-8,11H2,1-4H3;1H. The highest BCUT2D eigenvalue weighted by atomic mass is 35.5. The van der Waals surface area contributed by atoms with Crippen molar-refractivity contribution in [1.29, 1.82) is 0 Å². The first-order valence-corrected chi connectivity index (χ1v) is 7.86. The van der Waals surface area contributed by atoms with Gasteiger partial charge in [-0.3, -0.25) is 4.79 Å². The second kappa shape index (κ2) is 9.59. The van der Waals surface area contributed by atoms with E-state index >= 15 is 0 Å². The molecule has 0 aliphatic carbocycles. The molecular weight excluding hydrogens is 332 g/mol. The maximum atomic E-state index is 12.5. The molecule has 1 aliphatic heterocycles. The average Bonchev–Trinajstić information content (AvgIpc) is 2.60. The van der Waals surface area contributed by atoms with Gasteiger partial charge in [0.2, 0.25) is 11.7 Å². The molecule has 1 N–H and O–H groups in total. The van der Waals surface area contributed by atoms with E-state index in [-0.39, 0.29) is 18.3 Å². The lowest BCUT2D eigenvalue weighted by atomic mass is 10.0. The van der Waals surface area contributed by atoms with Gasteiger partial charge in [0.15, 0.2) is 11.5 Å². The second-order valence-corrected chi connectivity index (χ2v) is 5.65. The van der Waals surface area contributed by atoms with Crippen LogP contribution in [0.5, 0.6) is 17.2 Å². The van der Waals surface area contributed by atoms with E-state index < -0.39 is 0 Å². The van der Waals surface area contributed by atoms with Crippen molar-refractivity contribution in [3.8, 4) is 17.2 Å². The number of piperidine rings is 1. The Labute approximate surface area is 149 Å². The van der Waals surface area contributed by atoms with Gasteiger partial charge < -0.3 is 24.4 Å². The number of nitrogens with zero attached hydrogens (tertiary/aromatic N) is 1. The Kier molecular flexibility index (Phi) is 8.15. The molecule has 0 bridgehead atoms. The summed E-state index contributed by atoms with van der Waals surface area (Å²) in [4.78, 5) is 14.4. The van der Waals surface area contributed by atoms with E-state index in [1.807, 2.05) is 24.1 Å². The molecule has 1 amide bonds. The van der Waals surface area contributed by atoms with Crippen molar-refractivity contribution in [2.75, 3.05) is 41.5 Å². The third-order valence-corrected chi connectivity index (χ3v) is 4.34. The average molecular weight is 359 g/mol. The number of methoxy groups -OCH3 is 3. The third kappa shape index (κ3) is 4.68. The quantitative estimate of drug-likeness (QED) is 0.841. The fourth-order valence-corrected chi connectivity index (χ4v) is 2.94. The summed E-state index contributed by atoms with van der Waals surface area (Å²) in [5.41, 5.74) is 0.861. The lowest BCUT2D eigenvalue weighted by molar-refractivity contribution is -0.131. The van der Waals surface area contributed by atoms with E-state index in [2.05, 4.69) is 5.32 Å². The Morgan fingerprint density at radius 1 is 1.12 bits per heavy atom. The molecule has 0 unspecified atom stereocenters. The predicted octanol–water partition coefficient (Wildman–Crippen LogP) is 1.89. The normalized spacial score (nSPS) is 14.8. The van der Waals surface area contributed by atoms with Crippen LogP contribution >= 0.6 is 12.4 Å². The Morgan fingerprint density at radius 3 is 2.08 bits per heavy atom. The number of halogens is 1. The molecule has 136 valence electrons. The Bertz CT molecular complexity index is 520. The summed E-state index contributed by atoms with van der Waals surface area (Å²) < 4.78 is 16.0. The molecule has 1 aromatic carbocycles. The van der Waals surface area contributed by atoms with Crippen LogP contribution in [-0.4, -0.2) is 58.3 Å². The highest BCUT2D eigenvalue weighted by Crippen LogP contribution is 2.38. The summed E-state index contributed by atoms with van der Waals surface area (Å²) in [6, 6.07) is 4.18. The summed E-state index contributed by atoms with van der Waals surface area (Å²) in [7, 11) is 6.69. The molecule has 1 aromatic rings. The first-order chi connectivity index (χ1) is 11.1. The SMILES string of the molecule is CNC1CCN(C(=O)Cc2cc(OC)c(OC)c(OC)c2)CC1.Cl. The molecule has 1 aliphatic rings. The van der Waals surface area contributed by atoms with Crippen molar-refractivity contribution in [2.24, 2.45) is 0 Å². The number of ether oxygens (including phenoxy) is 3. The van der Waals surface area contributed by atoms with Crippen molar-refractivity contribution in [1.82, 2.24) is 10.2 Å². The number of hydrogen-bond acceptors (Lipinski definition) is 5. The maximum absolute atomic E-state index is 12.5. The van der Waals surface area contributed by atoms with Crippen LogP contribution in [0.1, 0.15) is 18.4 Å². The van der Waals surface area contributed by atoms with Crippen molar-refractivity contribution < 1.29 is 19.0 Å². The number of benzene rings is 1. The zero-order valence-electron chi connectivity index (χ0n) is 14.8. The van der Waals surface area contributed by atoms with E-state index in [0.717, 1.165) is 31.5 Å². The van der Waals surface area contributed by atoms with Crippen LogP contribution in [0, 0.1) is 0 Å². The minimum atomic E-state index is 0. The van der Waals surface area contributed by atoms with Crippen LogP contribution in [-0.2, 0) is 11.2 Å². The third-order valence-electron chi connectivity index (χ3n) is 4.34. The van der Waals surface area contributed by atoms with Gasteiger partial charge in [0.05, 0.1) is 27.8 Å². The van der Waals surface area contributed by atoms with Gasteiger partial charge in [-0.05, 0) is 37.6 Å². The number of carbonyl (C=O) groups is 1. The Hall–Kier alpha value is -1.66. The van der Waals surface area contributed by atoms with Gasteiger partial charge in [-0.15, -0.1) is 12.4 Å². The molecule has 0 saturated carbocycles. The van der Waals surface area contributed by atoms with Crippen molar-refractivity contribution in [3.63, 3.8) is 0 Å². The van der Waals surface area contributed by atoms with Crippen molar-refractivity contribution in [3.05, 3.63) is 17.7 Å². The summed E-state index contributed by atoms with van der Waals surface area (Å²) in [6.07, 6.45) is 2.33. The van der Waals surface area contributed by atoms with Gasteiger partial charge in [0, 0.05) is 19.1 Å². The monoisotopic (exact) mass is 358 g/mol. The fraction of sp³-hybridized carbons (Fsp3) is 0.588. The van der Waals surface area contributed by atoms with Crippen molar-refractivity contribution in [2.45, 2.75) is 25.3 Å². The van der Waals surface area contributed by atoms with E-state index in [1.54, 1.807) is 21.3 Å². The summed E-state index contributed by atoms with van der Waals surface area (Å²) >= 11 is 0. The van der Waals surface area contributed by atoms with E-state index in [1.165, 1.54) is 0 Å². The highest BCUT2D eigenvalue weighted by Gasteiger charge is 2.22. The Morgan fingerprint density at radius 2 is 1.67 bits per heavy atom. The predicted molar refractivity (Wildman–Crippen MR) is 95.7 cm³/mol. The Balaban J connectivity index is 0.00000288. The molecular formula is C17H27ClN2O4. The van der Waals surface area contributed by atoms with Crippen LogP contribution in [0.3, 0.4) is 0 Å². The largest absolute Gasteiger partial charge is 0.493 e. The number of nitrogens with one attached hydrogen (secondary N) is 1. The fourth-order valence-electron chi connectivity index (χ4n) is 2.94. The smallest absolute Gasteiger partial charge is 0.226 e. The molecule has 1 heterocycles. The summed E-state index contributed by atoms with van der Waals surface area (Å²) in [5.74, 6) is 1.82. The topological polar surface area (TPSA) is 60.0 Å². The minimum Gasteiger partial charge on any atom is -0.493 e. The van der Waals surface area contributed by atoms with Crippen LogP contribution in [0.2, 0.25) is 0 Å². The lowest BCUT2D eigenvalue weighted by Gasteiger charge is -2.32. The second-order valence-electron chi connectivity index (χ2n) is 5.65. The van der Waals surface area contributed by atoms with Gasteiger partial charge >= 0.3 is 0 Å². The molecule has 24 heavy (non-hydrogen) atoms. The molecule has 1 saturated heterocycles. The van der Waals surface area contributed by atoms with Gasteiger partial charge in [-0.25, -0.2) is 0 Å². The number of rotatable bonds is 6. The number of carbonyl (C=O) groups excluding carboxylic acids is 1. The van der Waals surface area contributed by atoms with Gasteiger partial charge in [0.25, 0.3) is 0 Å². The van der Waals surface area contributed by atoms with Crippen LogP contribution in [0.15, 0.2) is 12.1 Å². The number of likely N-dealkylation sites (tertiary alicyclic amines) is 1. The minimum absolute atomic E-state index is 0. The van der Waals surface area contributed by atoms with E-state index in [4.69, 9.17) is 14.2 Å². The highest BCUT2D eigenvalue weighted by molar-refractivity contribution is 5.85. The lowest BCUT2D eigenvalue weighted by Crippen LogP contribution is -2.44. The maximum Gasteiger partial charge on any atom is 0.226 e.